The van der Waals surface area contributed by atoms with Gasteiger partial charge in [0, 0.05) is 11.8 Å². The molecular weight excluding hydrogens is 287 g/mol. The van der Waals surface area contributed by atoms with Crippen LogP contribution < -0.4 is 11.1 Å². The van der Waals surface area contributed by atoms with Crippen molar-refractivity contribution in [3.05, 3.63) is 23.9 Å². The fourth-order valence-corrected chi connectivity index (χ4v) is 1.29. The van der Waals surface area contributed by atoms with Gasteiger partial charge < -0.3 is 15.8 Å². The number of amides is 1. The number of anilines is 1. The highest BCUT2D eigenvalue weighted by Crippen LogP contribution is 2.14. The Morgan fingerprint density at radius 3 is 2.90 bits per heavy atom. The molecule has 0 aliphatic heterocycles. The lowest BCUT2D eigenvalue weighted by Crippen LogP contribution is -2.20. The molecule has 0 aliphatic carbocycles. The van der Waals surface area contributed by atoms with E-state index in [-0.39, 0.29) is 25.4 Å². The zero-order valence-corrected chi connectivity index (χ0v) is 11.0. The van der Waals surface area contributed by atoms with Crippen molar-refractivity contribution in [3.63, 3.8) is 0 Å². The Morgan fingerprint density at radius 2 is 2.24 bits per heavy atom. The van der Waals surface area contributed by atoms with E-state index in [1.807, 2.05) is 0 Å². The molecule has 0 aromatic carbocycles. The Kier molecular flexibility index (Phi) is 6.65. The summed E-state index contributed by atoms with van der Waals surface area (Å²) in [5.41, 5.74) is 5.86. The summed E-state index contributed by atoms with van der Waals surface area (Å²) in [6.45, 7) is -1.48. The Hall–Kier alpha value is -2.11. The van der Waals surface area contributed by atoms with Gasteiger partial charge in [-0.05, 0) is 12.1 Å². The van der Waals surface area contributed by atoms with Crippen LogP contribution in [0.5, 0.6) is 0 Å². The van der Waals surface area contributed by atoms with E-state index in [1.54, 1.807) is 6.07 Å². The first-order valence-corrected chi connectivity index (χ1v) is 6.00. The number of pyridine rings is 1. The fourth-order valence-electron chi connectivity index (χ4n) is 1.29. The normalized spacial score (nSPS) is 10.7. The predicted molar refractivity (Wildman–Crippen MR) is 70.3 cm³/mol. The Bertz CT molecular complexity index is 535. The second-order valence-corrected chi connectivity index (χ2v) is 3.90. The van der Waals surface area contributed by atoms with Crippen LogP contribution in [0.2, 0.25) is 0 Å². The number of carbonyl (C=O) groups is 1. The molecule has 0 aliphatic rings. The van der Waals surface area contributed by atoms with E-state index in [0.29, 0.717) is 5.56 Å². The molecule has 8 heteroatoms. The first-order chi connectivity index (χ1) is 9.90. The Morgan fingerprint density at radius 1 is 1.48 bits per heavy atom. The zero-order chi connectivity index (χ0) is 15.7. The monoisotopic (exact) mass is 301 g/mol. The van der Waals surface area contributed by atoms with Crippen LogP contribution in [-0.4, -0.2) is 36.8 Å². The largest absolute Gasteiger partial charge is 0.411 e. The summed E-state index contributed by atoms with van der Waals surface area (Å²) in [5, 5.41) is 2.45. The van der Waals surface area contributed by atoms with Gasteiger partial charge in [-0.3, -0.25) is 4.79 Å². The SMILES string of the molecule is NCC#Cc1ccnc(NC(=O)CCOCC(F)(F)F)c1. The number of nitrogens with zero attached hydrogens (tertiary/aromatic N) is 1. The molecule has 0 spiro atoms. The third-order valence-corrected chi connectivity index (χ3v) is 2.10. The maximum Gasteiger partial charge on any atom is 0.411 e. The van der Waals surface area contributed by atoms with E-state index >= 15 is 0 Å². The quantitative estimate of drug-likeness (QED) is 0.635. The van der Waals surface area contributed by atoms with Crippen molar-refractivity contribution in [2.45, 2.75) is 12.6 Å². The molecule has 5 nitrogen and oxygen atoms in total. The van der Waals surface area contributed by atoms with Crippen molar-refractivity contribution in [3.8, 4) is 11.8 Å². The van der Waals surface area contributed by atoms with Gasteiger partial charge in [-0.1, -0.05) is 11.8 Å². The number of alkyl halides is 3. The molecule has 1 heterocycles. The van der Waals surface area contributed by atoms with Crippen LogP contribution in [0, 0.1) is 11.8 Å². The topological polar surface area (TPSA) is 77.2 Å². The van der Waals surface area contributed by atoms with E-state index in [4.69, 9.17) is 5.73 Å². The first-order valence-electron chi connectivity index (χ1n) is 6.00. The summed E-state index contributed by atoms with van der Waals surface area (Å²) in [6, 6.07) is 3.18. The Balaban J connectivity index is 2.41. The second-order valence-electron chi connectivity index (χ2n) is 3.90. The summed E-state index contributed by atoms with van der Waals surface area (Å²) in [7, 11) is 0. The van der Waals surface area contributed by atoms with Gasteiger partial charge in [0.25, 0.3) is 0 Å². The minimum absolute atomic E-state index is 0.198. The maximum atomic E-state index is 11.8. The highest BCUT2D eigenvalue weighted by atomic mass is 19.4. The van der Waals surface area contributed by atoms with Crippen molar-refractivity contribution in [1.82, 2.24) is 4.98 Å². The molecule has 1 aromatic heterocycles. The molecule has 1 rings (SSSR count). The van der Waals surface area contributed by atoms with E-state index in [0.717, 1.165) is 0 Å². The average Bonchev–Trinajstić information content (AvgIpc) is 2.41. The average molecular weight is 301 g/mol. The third kappa shape index (κ3) is 7.91. The number of ether oxygens (including phenoxy) is 1. The number of halogens is 3. The highest BCUT2D eigenvalue weighted by Gasteiger charge is 2.27. The van der Waals surface area contributed by atoms with Crippen molar-refractivity contribution in [1.29, 1.82) is 0 Å². The molecule has 0 atom stereocenters. The second kappa shape index (κ2) is 8.24. The van der Waals surface area contributed by atoms with Crippen LogP contribution in [0.3, 0.4) is 0 Å². The van der Waals surface area contributed by atoms with E-state index in [1.165, 1.54) is 12.3 Å². The minimum atomic E-state index is -4.39. The number of carbonyl (C=O) groups excluding carboxylic acids is 1. The molecule has 1 amide bonds. The van der Waals surface area contributed by atoms with Gasteiger partial charge in [-0.25, -0.2) is 4.98 Å². The number of aromatic nitrogens is 1. The van der Waals surface area contributed by atoms with Gasteiger partial charge >= 0.3 is 6.18 Å². The molecule has 3 N–H and O–H groups in total. The smallest absolute Gasteiger partial charge is 0.372 e. The molecule has 0 radical (unpaired) electrons. The zero-order valence-electron chi connectivity index (χ0n) is 11.0. The third-order valence-electron chi connectivity index (χ3n) is 2.10. The van der Waals surface area contributed by atoms with Crippen LogP contribution in [0.4, 0.5) is 19.0 Å². The molecule has 114 valence electrons. The number of nitrogens with one attached hydrogen (secondary N) is 1. The van der Waals surface area contributed by atoms with Crippen LogP contribution in [0.25, 0.3) is 0 Å². The summed E-state index contributed by atoms with van der Waals surface area (Å²) < 4.78 is 39.8. The van der Waals surface area contributed by atoms with Crippen molar-refractivity contribution >= 4 is 11.7 Å². The minimum Gasteiger partial charge on any atom is -0.372 e. The number of hydrogen-bond donors (Lipinski definition) is 2. The lowest BCUT2D eigenvalue weighted by molar-refractivity contribution is -0.174. The van der Waals surface area contributed by atoms with Crippen LogP contribution in [0.1, 0.15) is 12.0 Å². The first kappa shape index (κ1) is 16.9. The lowest BCUT2D eigenvalue weighted by Gasteiger charge is -2.07. The molecule has 0 saturated heterocycles. The van der Waals surface area contributed by atoms with E-state index < -0.39 is 18.7 Å². The lowest BCUT2D eigenvalue weighted by atomic mass is 10.2. The van der Waals surface area contributed by atoms with Gasteiger partial charge in [-0.2, -0.15) is 13.2 Å². The molecule has 0 unspecified atom stereocenters. The molecule has 21 heavy (non-hydrogen) atoms. The number of hydrogen-bond acceptors (Lipinski definition) is 4. The summed E-state index contributed by atoms with van der Waals surface area (Å²) in [4.78, 5) is 15.4. The van der Waals surface area contributed by atoms with Crippen molar-refractivity contribution in [2.75, 3.05) is 25.1 Å². The standard InChI is InChI=1S/C13H14F3N3O2/c14-13(15,16)9-21-7-4-12(20)19-11-8-10(2-1-5-17)3-6-18-11/h3,6,8H,4-5,7,9,17H2,(H,18,19,20). The van der Waals surface area contributed by atoms with E-state index in [9.17, 15) is 18.0 Å². The molecule has 0 fully saturated rings. The van der Waals surface area contributed by atoms with Gasteiger partial charge in [0.2, 0.25) is 5.91 Å². The Labute approximate surface area is 119 Å². The van der Waals surface area contributed by atoms with Gasteiger partial charge in [-0.15, -0.1) is 0 Å². The maximum absolute atomic E-state index is 11.8. The highest BCUT2D eigenvalue weighted by molar-refractivity contribution is 5.89. The number of nitrogens with two attached hydrogens (primary N) is 1. The summed E-state index contributed by atoms with van der Waals surface area (Å²) in [6.07, 6.45) is -3.14. The van der Waals surface area contributed by atoms with Crippen LogP contribution >= 0.6 is 0 Å². The summed E-state index contributed by atoms with van der Waals surface area (Å²) in [5.74, 6) is 5.19. The van der Waals surface area contributed by atoms with E-state index in [2.05, 4.69) is 26.9 Å². The molecule has 0 bridgehead atoms. The van der Waals surface area contributed by atoms with Gasteiger partial charge in [0.15, 0.2) is 0 Å². The fraction of sp³-hybridized carbons (Fsp3) is 0.385. The van der Waals surface area contributed by atoms with Crippen LogP contribution in [-0.2, 0) is 9.53 Å². The van der Waals surface area contributed by atoms with Crippen molar-refractivity contribution < 1.29 is 22.7 Å². The van der Waals surface area contributed by atoms with Crippen LogP contribution in [0.15, 0.2) is 18.3 Å². The number of rotatable bonds is 5. The van der Waals surface area contributed by atoms with Gasteiger partial charge in [0.05, 0.1) is 19.6 Å². The predicted octanol–water partition coefficient (Wildman–Crippen LogP) is 1.30. The molecular formula is C13H14F3N3O2. The molecule has 0 saturated carbocycles. The van der Waals surface area contributed by atoms with Gasteiger partial charge in [0.1, 0.15) is 12.4 Å². The molecule has 1 aromatic rings. The summed E-state index contributed by atoms with van der Waals surface area (Å²) >= 11 is 0. The van der Waals surface area contributed by atoms with Crippen molar-refractivity contribution in [2.24, 2.45) is 5.73 Å².